The minimum atomic E-state index is -5.17. The number of aromatic nitrogens is 5. The molecule has 2 amide bonds. The molecule has 0 fully saturated rings. The van der Waals surface area contributed by atoms with Crippen molar-refractivity contribution in [1.29, 1.82) is 0 Å². The first kappa shape index (κ1) is 51.6. The number of amides is 2. The first-order valence-corrected chi connectivity index (χ1v) is 22.7. The summed E-state index contributed by atoms with van der Waals surface area (Å²) >= 11 is 7.34. The van der Waals surface area contributed by atoms with Gasteiger partial charge in [0.25, 0.3) is 5.92 Å². The molecular formula is C42H40ClF10N7O4S2. The van der Waals surface area contributed by atoms with Crippen molar-refractivity contribution in [2.75, 3.05) is 23.9 Å². The highest BCUT2D eigenvalue weighted by molar-refractivity contribution is 8.00. The van der Waals surface area contributed by atoms with Crippen LogP contribution in [-0.4, -0.2) is 71.3 Å². The van der Waals surface area contributed by atoms with E-state index >= 15 is 8.78 Å². The standard InChI is InChI=1S/C40H34ClF10N7O4S2.C2H6/c1-37(2,64(5)61)12-10-23-6-7-24(25-8-9-27(41)30-32(25)57(19-39(46,47)48)55-35(30)58(63-4)36(60)62-3)31(52-23)28(16-20-14-21(42)17-22(43)15-20)53-29(59)18-56-34-26(11-13-38(34,44)45)33(54-56)40(49,50)51;1-2/h6-9,14-15,17,28H,11,13,16,18-19H2,1-5H3,(H,53,59);1-2H3. The van der Waals surface area contributed by atoms with Crippen LogP contribution in [0, 0.1) is 23.5 Å². The van der Waals surface area contributed by atoms with E-state index in [1.807, 2.05) is 13.8 Å². The fourth-order valence-corrected chi connectivity index (χ4v) is 7.96. The molecule has 11 nitrogen and oxygen atoms in total. The molecule has 1 aliphatic carbocycles. The Morgan fingerprint density at radius 1 is 1.02 bits per heavy atom. The number of fused-ring (bicyclic) bond motifs is 2. The topological polar surface area (TPSA) is 124 Å². The third kappa shape index (κ3) is 11.3. The van der Waals surface area contributed by atoms with Crippen LogP contribution in [0.2, 0.25) is 5.02 Å². The highest BCUT2D eigenvalue weighted by Gasteiger charge is 2.50. The Kier molecular flexibility index (Phi) is 15.5. The van der Waals surface area contributed by atoms with Crippen LogP contribution in [0.3, 0.4) is 0 Å². The van der Waals surface area contributed by atoms with Crippen molar-refractivity contribution in [3.8, 4) is 23.0 Å². The monoisotopic (exact) mass is 995 g/mol. The van der Waals surface area contributed by atoms with Gasteiger partial charge in [-0.3, -0.25) is 18.4 Å². The van der Waals surface area contributed by atoms with Gasteiger partial charge in [0.2, 0.25) is 5.91 Å². The number of anilines is 1. The number of halogens is 11. The van der Waals surface area contributed by atoms with E-state index in [1.54, 1.807) is 13.8 Å². The van der Waals surface area contributed by atoms with Crippen molar-refractivity contribution in [3.63, 3.8) is 0 Å². The zero-order chi connectivity index (χ0) is 49.3. The third-order valence-electron chi connectivity index (χ3n) is 9.97. The molecule has 3 aromatic heterocycles. The number of alkyl halides is 8. The van der Waals surface area contributed by atoms with Crippen LogP contribution < -0.4 is 9.62 Å². The Morgan fingerprint density at radius 2 is 1.65 bits per heavy atom. The Bertz CT molecular complexity index is 2730. The molecule has 6 rings (SSSR count). The molecule has 1 N–H and O–H groups in total. The molecule has 3 heterocycles. The summed E-state index contributed by atoms with van der Waals surface area (Å²) in [6, 6.07) is 5.88. The lowest BCUT2D eigenvalue weighted by Crippen LogP contribution is -2.35. The molecule has 0 bridgehead atoms. The van der Waals surface area contributed by atoms with Gasteiger partial charge in [0, 0.05) is 52.5 Å². The maximum Gasteiger partial charge on any atom is 0.435 e. The number of nitrogens with one attached hydrogen (secondary N) is 1. The SMILES string of the molecule is CC.COC(=O)N(SC)c1nn(CC(F)(F)F)c2c(-c3ccc(C#CC(C)(C)S(C)=O)nc3C(Cc3cc(F)cc(F)c3)NC(=O)Cn3nc(C(F)(F)F)c4c3C(F)(F)CC4)ccc(Cl)c12. The molecule has 1 aliphatic rings. The molecule has 66 heavy (non-hydrogen) atoms. The van der Waals surface area contributed by atoms with Crippen molar-refractivity contribution < 1.29 is 62.4 Å². The number of methoxy groups -OCH3 is 1. The van der Waals surface area contributed by atoms with Gasteiger partial charge >= 0.3 is 18.4 Å². The number of carbonyl (C=O) groups excluding carboxylic acids is 2. The number of carbonyl (C=O) groups is 2. The average molecular weight is 996 g/mol. The molecular weight excluding hydrogens is 956 g/mol. The van der Waals surface area contributed by atoms with Crippen molar-refractivity contribution in [2.45, 2.75) is 89.1 Å². The maximum atomic E-state index is 15.1. The lowest BCUT2D eigenvalue weighted by atomic mass is 9.93. The Balaban J connectivity index is 0.00000403. The summed E-state index contributed by atoms with van der Waals surface area (Å²) in [5.74, 6) is -1.98. The zero-order valence-corrected chi connectivity index (χ0v) is 38.3. The van der Waals surface area contributed by atoms with E-state index in [0.717, 1.165) is 35.5 Å². The molecule has 5 aromatic rings. The van der Waals surface area contributed by atoms with E-state index in [4.69, 9.17) is 16.3 Å². The van der Waals surface area contributed by atoms with Gasteiger partial charge in [-0.15, -0.1) is 0 Å². The Labute approximate surface area is 383 Å². The summed E-state index contributed by atoms with van der Waals surface area (Å²) in [4.78, 5) is 31.4. The second-order valence-electron chi connectivity index (χ2n) is 14.8. The summed E-state index contributed by atoms with van der Waals surface area (Å²) in [5, 5.41) is 9.57. The van der Waals surface area contributed by atoms with Gasteiger partial charge in [0.05, 0.1) is 34.8 Å². The minimum Gasteiger partial charge on any atom is -0.452 e. The van der Waals surface area contributed by atoms with Crippen LogP contribution in [0.5, 0.6) is 0 Å². The summed E-state index contributed by atoms with van der Waals surface area (Å²) < 4.78 is 162. The predicted molar refractivity (Wildman–Crippen MR) is 229 cm³/mol. The van der Waals surface area contributed by atoms with Gasteiger partial charge in [-0.05, 0) is 80.5 Å². The van der Waals surface area contributed by atoms with Gasteiger partial charge in [-0.1, -0.05) is 37.4 Å². The van der Waals surface area contributed by atoms with E-state index in [-0.39, 0.29) is 54.5 Å². The van der Waals surface area contributed by atoms with Crippen molar-refractivity contribution in [2.24, 2.45) is 0 Å². The lowest BCUT2D eigenvalue weighted by molar-refractivity contribution is -0.142. The molecule has 24 heteroatoms. The molecule has 0 radical (unpaired) electrons. The number of ether oxygens (including phenoxy) is 1. The molecule has 356 valence electrons. The summed E-state index contributed by atoms with van der Waals surface area (Å²) in [6.07, 6.45) is -10.6. The van der Waals surface area contributed by atoms with Crippen molar-refractivity contribution in [1.82, 2.24) is 29.9 Å². The molecule has 0 spiro atoms. The van der Waals surface area contributed by atoms with Crippen LogP contribution in [0.4, 0.5) is 54.5 Å². The highest BCUT2D eigenvalue weighted by atomic mass is 35.5. The van der Waals surface area contributed by atoms with E-state index in [9.17, 15) is 48.9 Å². The Hall–Kier alpha value is -5.34. The first-order valence-electron chi connectivity index (χ1n) is 19.6. The van der Waals surface area contributed by atoms with E-state index < -0.39 is 113 Å². The van der Waals surface area contributed by atoms with Gasteiger partial charge in [0.1, 0.15) is 40.9 Å². The summed E-state index contributed by atoms with van der Waals surface area (Å²) in [7, 11) is -0.494. The molecule has 2 atom stereocenters. The molecule has 0 saturated heterocycles. The molecule has 2 aromatic carbocycles. The average Bonchev–Trinajstić information content (AvgIpc) is 3.88. The normalized spacial score (nSPS) is 14.4. The van der Waals surface area contributed by atoms with Crippen LogP contribution in [-0.2, 0) is 58.4 Å². The predicted octanol–water partition coefficient (Wildman–Crippen LogP) is 10.3. The smallest absolute Gasteiger partial charge is 0.435 e. The maximum absolute atomic E-state index is 15.1. The van der Waals surface area contributed by atoms with Gasteiger partial charge in [0.15, 0.2) is 11.5 Å². The van der Waals surface area contributed by atoms with Gasteiger partial charge < -0.3 is 10.1 Å². The minimum absolute atomic E-state index is 0.0877. The molecule has 0 aliphatic heterocycles. The van der Waals surface area contributed by atoms with Crippen LogP contribution in [0.15, 0.2) is 42.5 Å². The summed E-state index contributed by atoms with van der Waals surface area (Å²) in [6.45, 7) is 4.15. The molecule has 0 saturated carbocycles. The van der Waals surface area contributed by atoms with Crippen LogP contribution in [0.25, 0.3) is 22.0 Å². The van der Waals surface area contributed by atoms with Gasteiger partial charge in [-0.25, -0.2) is 18.6 Å². The van der Waals surface area contributed by atoms with Crippen molar-refractivity contribution >= 4 is 63.1 Å². The number of hydrogen-bond acceptors (Lipinski definition) is 8. The second kappa shape index (κ2) is 19.9. The fraction of sp³-hybridized carbons (Fsp3) is 0.405. The largest absolute Gasteiger partial charge is 0.452 e. The Morgan fingerprint density at radius 3 is 2.23 bits per heavy atom. The van der Waals surface area contributed by atoms with Crippen LogP contribution >= 0.6 is 23.5 Å². The van der Waals surface area contributed by atoms with Crippen molar-refractivity contribution in [3.05, 3.63) is 93.0 Å². The summed E-state index contributed by atoms with van der Waals surface area (Å²) in [5.41, 5.74) is -4.58. The molecule has 2 unspecified atom stereocenters. The number of benzene rings is 2. The lowest BCUT2D eigenvalue weighted by Gasteiger charge is -2.23. The van der Waals surface area contributed by atoms with E-state index in [1.165, 1.54) is 36.8 Å². The number of hydrogen-bond donors (Lipinski definition) is 1. The highest BCUT2D eigenvalue weighted by Crippen LogP contribution is 2.47. The zero-order valence-electron chi connectivity index (χ0n) is 35.9. The van der Waals surface area contributed by atoms with Gasteiger partial charge in [-0.2, -0.15) is 49.6 Å². The third-order valence-corrected chi connectivity index (χ3v) is 12.5. The number of nitrogens with zero attached hydrogens (tertiary/aromatic N) is 6. The van der Waals surface area contributed by atoms with E-state index in [0.29, 0.717) is 10.7 Å². The van der Waals surface area contributed by atoms with Crippen LogP contribution in [0.1, 0.15) is 74.1 Å². The number of rotatable bonds is 11. The second-order valence-corrected chi connectivity index (χ2v) is 17.9. The fourth-order valence-electron chi connectivity index (χ4n) is 7.00. The van der Waals surface area contributed by atoms with E-state index in [2.05, 4.69) is 32.3 Å². The first-order chi connectivity index (χ1) is 30.7. The quantitative estimate of drug-likeness (QED) is 0.0788. The number of pyridine rings is 1.